The first kappa shape index (κ1) is 42.4. The summed E-state index contributed by atoms with van der Waals surface area (Å²) in [5.74, 6) is 2.65. The Morgan fingerprint density at radius 3 is 1.89 bits per heavy atom. The molecular formula is C57H47N5OPt-2. The van der Waals surface area contributed by atoms with Crippen molar-refractivity contribution in [2.24, 2.45) is 0 Å². The van der Waals surface area contributed by atoms with Gasteiger partial charge in [-0.05, 0) is 67.8 Å². The molecule has 3 aromatic heterocycles. The smallest absolute Gasteiger partial charge is 0.272 e. The number of aromatic nitrogens is 5. The molecule has 0 aliphatic rings. The fraction of sp³-hybridized carbons (Fsp3) is 0.140. The molecule has 0 fully saturated rings. The van der Waals surface area contributed by atoms with E-state index < -0.39 is 0 Å². The largest absolute Gasteiger partial charge is 0.510 e. The second kappa shape index (κ2) is 17.0. The number of pyridine rings is 1. The van der Waals surface area contributed by atoms with Crippen LogP contribution in [0.2, 0.25) is 0 Å². The van der Waals surface area contributed by atoms with Gasteiger partial charge in [-0.2, -0.15) is 22.9 Å². The second-order valence-electron chi connectivity index (χ2n) is 18.0. The Labute approximate surface area is 389 Å². The van der Waals surface area contributed by atoms with Crippen LogP contribution < -0.4 is 9.42 Å². The molecule has 7 aromatic carbocycles. The van der Waals surface area contributed by atoms with E-state index in [0.717, 1.165) is 66.8 Å². The quantitative estimate of drug-likeness (QED) is 0.113. The summed E-state index contributed by atoms with van der Waals surface area (Å²) < 4.78 is 12.7. The van der Waals surface area contributed by atoms with Gasteiger partial charge in [0.25, 0.3) is 6.33 Å². The summed E-state index contributed by atoms with van der Waals surface area (Å²) in [4.78, 5) is 4.86. The topological polar surface area (TPSA) is 48.8 Å². The van der Waals surface area contributed by atoms with E-state index in [1.807, 2.05) is 51.8 Å². The van der Waals surface area contributed by atoms with E-state index >= 15 is 0 Å². The molecule has 10 aromatic rings. The van der Waals surface area contributed by atoms with E-state index in [0.29, 0.717) is 17.3 Å². The van der Waals surface area contributed by atoms with Crippen molar-refractivity contribution in [3.05, 3.63) is 206 Å². The van der Waals surface area contributed by atoms with Crippen LogP contribution in [0.3, 0.4) is 0 Å². The average Bonchev–Trinajstić information content (AvgIpc) is 3.89. The monoisotopic (exact) mass is 1010 g/mol. The van der Waals surface area contributed by atoms with Crippen molar-refractivity contribution in [2.75, 3.05) is 0 Å². The molecular weight excluding hydrogens is 966 g/mol. The van der Waals surface area contributed by atoms with Crippen LogP contribution in [0.4, 0.5) is 0 Å². The second-order valence-corrected chi connectivity index (χ2v) is 18.0. The Morgan fingerprint density at radius 2 is 1.19 bits per heavy atom. The third-order valence-electron chi connectivity index (χ3n) is 11.6. The van der Waals surface area contributed by atoms with E-state index in [1.165, 1.54) is 11.1 Å². The predicted octanol–water partition coefficient (Wildman–Crippen LogP) is 13.4. The van der Waals surface area contributed by atoms with Crippen LogP contribution in [0.5, 0.6) is 11.5 Å². The Hall–Kier alpha value is -6.88. The molecule has 0 N–H and O–H groups in total. The average molecular weight is 1010 g/mol. The number of para-hydroxylation sites is 1. The number of ether oxygens (including phenoxy) is 1. The van der Waals surface area contributed by atoms with Crippen LogP contribution in [-0.4, -0.2) is 19.2 Å². The van der Waals surface area contributed by atoms with Gasteiger partial charge in [-0.15, -0.1) is 34.8 Å². The van der Waals surface area contributed by atoms with Gasteiger partial charge in [0.2, 0.25) is 0 Å². The number of hydrogen-bond donors (Lipinski definition) is 0. The van der Waals surface area contributed by atoms with Crippen molar-refractivity contribution in [3.8, 4) is 62.3 Å². The van der Waals surface area contributed by atoms with Gasteiger partial charge in [0.1, 0.15) is 5.82 Å². The van der Waals surface area contributed by atoms with Gasteiger partial charge >= 0.3 is 0 Å². The summed E-state index contributed by atoms with van der Waals surface area (Å²) in [5, 5.41) is 7.60. The molecule has 0 unspecified atom stereocenters. The SMILES string of the molecule is CC(C)(C)c1cccc(-[n+]2[c-]n(-c3[c-]c(Oc4[c-]c5c(cc4)c4ccccc4n5-c4cc(C(C)(C)C)ccn4)ccc3)c(-c3c(-c4ccccc4)cccc3-c3ccccc3)n2)c1.[Pt]. The first-order chi connectivity index (χ1) is 30.5. The van der Waals surface area contributed by atoms with Crippen LogP contribution >= 0.6 is 0 Å². The first-order valence-corrected chi connectivity index (χ1v) is 21.4. The molecule has 0 saturated carbocycles. The fourth-order valence-electron chi connectivity index (χ4n) is 8.29. The van der Waals surface area contributed by atoms with Crippen molar-refractivity contribution in [1.82, 2.24) is 19.2 Å². The number of benzene rings is 7. The summed E-state index contributed by atoms with van der Waals surface area (Å²) in [6.45, 7) is 13.3. The molecule has 10 rings (SSSR count). The standard InChI is InChI=1S/C57H47N5O.Pt/c1-56(2,3)41-22-15-24-44(34-41)61-38-60(55(59-61)54-47(39-18-9-7-10-19-39)27-17-28-48(54)40-20-11-8-12-21-40)43-23-16-25-45(36-43)63-46-30-31-50-49-26-13-14-29-51(49)62(52(50)37-46)53-35-42(32-33-58-53)57(4,5)6;/h7-35H,1-6H3;/q-2;. The van der Waals surface area contributed by atoms with Crippen LogP contribution in [-0.2, 0) is 31.9 Å². The summed E-state index contributed by atoms with van der Waals surface area (Å²) >= 11 is 0. The molecule has 0 amide bonds. The molecule has 0 aliphatic carbocycles. The summed E-state index contributed by atoms with van der Waals surface area (Å²) in [7, 11) is 0. The van der Waals surface area contributed by atoms with Crippen LogP contribution in [0.25, 0.3) is 72.6 Å². The Balaban J connectivity index is 0.00000518. The Morgan fingerprint density at radius 1 is 0.562 bits per heavy atom. The maximum absolute atomic E-state index is 6.69. The molecule has 0 bridgehead atoms. The zero-order valence-electron chi connectivity index (χ0n) is 36.7. The van der Waals surface area contributed by atoms with Gasteiger partial charge in [0.15, 0.2) is 5.82 Å². The maximum Gasteiger partial charge on any atom is 0.272 e. The first-order valence-electron chi connectivity index (χ1n) is 21.4. The molecule has 0 aliphatic heterocycles. The van der Waals surface area contributed by atoms with Gasteiger partial charge in [-0.3, -0.25) is 0 Å². The van der Waals surface area contributed by atoms with E-state index in [1.54, 1.807) is 0 Å². The minimum absolute atomic E-state index is 0. The summed E-state index contributed by atoms with van der Waals surface area (Å²) in [6.07, 6.45) is 5.53. The van der Waals surface area contributed by atoms with E-state index in [9.17, 15) is 0 Å². The molecule has 3 heterocycles. The summed E-state index contributed by atoms with van der Waals surface area (Å²) in [6, 6.07) is 65.9. The van der Waals surface area contributed by atoms with Crippen molar-refractivity contribution < 1.29 is 30.5 Å². The molecule has 6 nitrogen and oxygen atoms in total. The van der Waals surface area contributed by atoms with Crippen molar-refractivity contribution in [2.45, 2.75) is 52.4 Å². The zero-order valence-corrected chi connectivity index (χ0v) is 39.0. The molecule has 318 valence electrons. The third kappa shape index (κ3) is 8.11. The zero-order chi connectivity index (χ0) is 43.3. The number of hydrogen-bond acceptors (Lipinski definition) is 3. The van der Waals surface area contributed by atoms with Gasteiger partial charge in [-0.1, -0.05) is 174 Å². The number of rotatable bonds is 8. The number of fused-ring (bicyclic) bond motifs is 3. The minimum Gasteiger partial charge on any atom is -0.510 e. The Bertz CT molecular complexity index is 3220. The number of nitrogens with zero attached hydrogens (tertiary/aromatic N) is 5. The minimum atomic E-state index is -0.0524. The molecule has 0 spiro atoms. The van der Waals surface area contributed by atoms with Gasteiger partial charge < -0.3 is 13.9 Å². The van der Waals surface area contributed by atoms with E-state index in [2.05, 4.69) is 198 Å². The fourth-order valence-corrected chi connectivity index (χ4v) is 8.29. The van der Waals surface area contributed by atoms with Crippen molar-refractivity contribution in [1.29, 1.82) is 0 Å². The summed E-state index contributed by atoms with van der Waals surface area (Å²) in [5.41, 5.74) is 11.2. The van der Waals surface area contributed by atoms with Crippen LogP contribution in [0.1, 0.15) is 52.7 Å². The van der Waals surface area contributed by atoms with Crippen molar-refractivity contribution >= 4 is 21.8 Å². The molecule has 0 saturated heterocycles. The van der Waals surface area contributed by atoms with Gasteiger partial charge in [-0.25, -0.2) is 4.98 Å². The van der Waals surface area contributed by atoms with E-state index in [4.69, 9.17) is 14.8 Å². The van der Waals surface area contributed by atoms with E-state index in [-0.39, 0.29) is 31.9 Å². The normalized spacial score (nSPS) is 11.8. The molecule has 0 atom stereocenters. The Kier molecular flexibility index (Phi) is 11.3. The van der Waals surface area contributed by atoms with Gasteiger partial charge in [0.05, 0.1) is 5.69 Å². The van der Waals surface area contributed by atoms with Crippen molar-refractivity contribution in [3.63, 3.8) is 0 Å². The third-order valence-corrected chi connectivity index (χ3v) is 11.6. The predicted molar refractivity (Wildman–Crippen MR) is 254 cm³/mol. The molecule has 64 heavy (non-hydrogen) atoms. The maximum atomic E-state index is 6.69. The van der Waals surface area contributed by atoms with Crippen LogP contribution in [0, 0.1) is 18.5 Å². The van der Waals surface area contributed by atoms with Gasteiger partial charge in [0, 0.05) is 49.8 Å². The molecule has 7 heteroatoms. The molecule has 0 radical (unpaired) electrons. The van der Waals surface area contributed by atoms with Crippen LogP contribution in [0.15, 0.2) is 176 Å².